The summed E-state index contributed by atoms with van der Waals surface area (Å²) in [5, 5.41) is 5.36. The van der Waals surface area contributed by atoms with Crippen LogP contribution in [0.15, 0.2) is 47.6 Å². The van der Waals surface area contributed by atoms with Gasteiger partial charge in [0.15, 0.2) is 0 Å². The Bertz CT molecular complexity index is 1020. The number of likely N-dealkylation sites (tertiary alicyclic amines) is 1. The summed E-state index contributed by atoms with van der Waals surface area (Å²) in [6.45, 7) is 2.21. The van der Waals surface area contributed by atoms with Crippen molar-refractivity contribution in [3.63, 3.8) is 0 Å². The molecule has 31 heavy (non-hydrogen) atoms. The van der Waals surface area contributed by atoms with Crippen LogP contribution in [0, 0.1) is 11.6 Å². The van der Waals surface area contributed by atoms with Crippen LogP contribution in [0.1, 0.15) is 24.9 Å². The maximum atomic E-state index is 13.6. The van der Waals surface area contributed by atoms with Crippen LogP contribution >= 0.6 is 0 Å². The van der Waals surface area contributed by atoms with Gasteiger partial charge in [0.1, 0.15) is 23.5 Å². The number of benzene rings is 2. The molecule has 162 valence electrons. The highest BCUT2D eigenvalue weighted by atomic mass is 19.1. The van der Waals surface area contributed by atoms with Gasteiger partial charge in [-0.25, -0.2) is 18.6 Å². The summed E-state index contributed by atoms with van der Waals surface area (Å²) in [5.41, 5.74) is 1.08. The zero-order valence-electron chi connectivity index (χ0n) is 17.2. The maximum absolute atomic E-state index is 13.6. The largest absolute Gasteiger partial charge is 0.487 e. The monoisotopic (exact) mass is 428 g/mol. The van der Waals surface area contributed by atoms with Crippen molar-refractivity contribution in [2.24, 2.45) is 5.10 Å². The van der Waals surface area contributed by atoms with Gasteiger partial charge < -0.3 is 14.5 Å². The molecule has 2 aliphatic rings. The lowest BCUT2D eigenvalue weighted by atomic mass is 10.0. The van der Waals surface area contributed by atoms with Crippen molar-refractivity contribution in [1.82, 2.24) is 9.91 Å². The van der Waals surface area contributed by atoms with Gasteiger partial charge in [-0.2, -0.15) is 5.10 Å². The van der Waals surface area contributed by atoms with E-state index in [0.717, 1.165) is 6.07 Å². The minimum atomic E-state index is -0.690. The third-order valence-corrected chi connectivity index (χ3v) is 5.39. The molecule has 2 heterocycles. The third kappa shape index (κ3) is 4.35. The number of nitrogens with zero attached hydrogens (tertiary/aromatic N) is 4. The molecule has 1 unspecified atom stereocenters. The quantitative estimate of drug-likeness (QED) is 0.748. The Hall–Kier alpha value is -3.49. The molecular formula is C22H22F2N4O3. The molecule has 0 N–H and O–H groups in total. The van der Waals surface area contributed by atoms with Crippen LogP contribution in [-0.4, -0.2) is 54.3 Å². The number of halogens is 2. The molecule has 9 heteroatoms. The molecule has 2 aliphatic heterocycles. The van der Waals surface area contributed by atoms with Crippen LogP contribution in [0.5, 0.6) is 5.75 Å². The molecular weight excluding hydrogens is 406 g/mol. The van der Waals surface area contributed by atoms with Crippen LogP contribution in [-0.2, 0) is 4.79 Å². The van der Waals surface area contributed by atoms with Gasteiger partial charge in [-0.1, -0.05) is 6.07 Å². The second-order valence-electron chi connectivity index (χ2n) is 7.60. The second kappa shape index (κ2) is 8.33. The Morgan fingerprint density at radius 1 is 1.13 bits per heavy atom. The summed E-state index contributed by atoms with van der Waals surface area (Å²) in [7, 11) is 1.68. The van der Waals surface area contributed by atoms with E-state index in [2.05, 4.69) is 5.10 Å². The fraction of sp³-hybridized carbons (Fsp3) is 0.318. The highest BCUT2D eigenvalue weighted by Crippen LogP contribution is 2.32. The fourth-order valence-electron chi connectivity index (χ4n) is 3.60. The molecule has 1 saturated heterocycles. The summed E-state index contributed by atoms with van der Waals surface area (Å²) < 4.78 is 33.1. The average Bonchev–Trinajstić information content (AvgIpc) is 3.19. The first-order valence-electron chi connectivity index (χ1n) is 9.89. The molecule has 7 nitrogen and oxygen atoms in total. The lowest BCUT2D eigenvalue weighted by Gasteiger charge is -2.41. The van der Waals surface area contributed by atoms with Gasteiger partial charge in [-0.15, -0.1) is 0 Å². The molecule has 1 fully saturated rings. The Kier molecular flexibility index (Phi) is 5.58. The SMILES string of the molecule is CC(=O)N(C)c1cccc(OC2CN(C(=O)N3N=CCC3c3cc(F)cc(F)c3)C2)c1. The minimum Gasteiger partial charge on any atom is -0.487 e. The van der Waals surface area contributed by atoms with E-state index in [1.807, 2.05) is 6.07 Å². The number of anilines is 1. The fourth-order valence-corrected chi connectivity index (χ4v) is 3.60. The van der Waals surface area contributed by atoms with Gasteiger partial charge in [-0.05, 0) is 29.8 Å². The molecule has 2 aromatic carbocycles. The first-order chi connectivity index (χ1) is 14.8. The summed E-state index contributed by atoms with van der Waals surface area (Å²) in [4.78, 5) is 27.5. The summed E-state index contributed by atoms with van der Waals surface area (Å²) in [6.07, 6.45) is 1.76. The van der Waals surface area contributed by atoms with Crippen molar-refractivity contribution in [1.29, 1.82) is 0 Å². The van der Waals surface area contributed by atoms with Crippen LogP contribution in [0.25, 0.3) is 0 Å². The zero-order valence-corrected chi connectivity index (χ0v) is 17.2. The van der Waals surface area contributed by atoms with Crippen molar-refractivity contribution < 1.29 is 23.1 Å². The van der Waals surface area contributed by atoms with Gasteiger partial charge in [0.05, 0.1) is 19.1 Å². The lowest BCUT2D eigenvalue weighted by molar-refractivity contribution is -0.116. The molecule has 0 aliphatic carbocycles. The van der Waals surface area contributed by atoms with E-state index in [4.69, 9.17) is 4.74 Å². The number of hydrogen-bond acceptors (Lipinski definition) is 4. The van der Waals surface area contributed by atoms with Crippen LogP contribution in [0.3, 0.4) is 0 Å². The number of urea groups is 1. The summed E-state index contributed by atoms with van der Waals surface area (Å²) in [5.74, 6) is -0.861. The second-order valence-corrected chi connectivity index (χ2v) is 7.60. The summed E-state index contributed by atoms with van der Waals surface area (Å²) >= 11 is 0. The van der Waals surface area contributed by atoms with Gasteiger partial charge in [-0.3, -0.25) is 4.79 Å². The first-order valence-corrected chi connectivity index (χ1v) is 9.89. The normalized spacial score (nSPS) is 18.1. The molecule has 4 rings (SSSR count). The van der Waals surface area contributed by atoms with Crippen LogP contribution < -0.4 is 9.64 Å². The van der Waals surface area contributed by atoms with Crippen molar-refractivity contribution in [3.8, 4) is 5.75 Å². The molecule has 0 aromatic heterocycles. The van der Waals surface area contributed by atoms with E-state index < -0.39 is 17.7 Å². The topological polar surface area (TPSA) is 65.5 Å². The average molecular weight is 428 g/mol. The maximum Gasteiger partial charge on any atom is 0.341 e. The Morgan fingerprint density at radius 2 is 1.84 bits per heavy atom. The zero-order chi connectivity index (χ0) is 22.1. The van der Waals surface area contributed by atoms with Gasteiger partial charge in [0, 0.05) is 44.4 Å². The smallest absolute Gasteiger partial charge is 0.341 e. The van der Waals surface area contributed by atoms with Crippen molar-refractivity contribution in [2.75, 3.05) is 25.0 Å². The highest BCUT2D eigenvalue weighted by molar-refractivity contribution is 5.91. The molecule has 1 atom stereocenters. The first kappa shape index (κ1) is 20.8. The predicted octanol–water partition coefficient (Wildman–Crippen LogP) is 3.56. The number of carbonyl (C=O) groups excluding carboxylic acids is 2. The molecule has 0 spiro atoms. The van der Waals surface area contributed by atoms with E-state index in [1.165, 1.54) is 29.0 Å². The summed E-state index contributed by atoms with van der Waals surface area (Å²) in [6, 6.07) is 9.52. The lowest BCUT2D eigenvalue weighted by Crippen LogP contribution is -2.58. The van der Waals surface area contributed by atoms with Gasteiger partial charge in [0.25, 0.3) is 0 Å². The van der Waals surface area contributed by atoms with Crippen molar-refractivity contribution in [2.45, 2.75) is 25.5 Å². The number of ether oxygens (including phenoxy) is 1. The Labute approximate surface area is 178 Å². The van der Waals surface area contributed by atoms with E-state index >= 15 is 0 Å². The Balaban J connectivity index is 1.37. The van der Waals surface area contributed by atoms with E-state index in [-0.39, 0.29) is 18.0 Å². The van der Waals surface area contributed by atoms with Crippen molar-refractivity contribution in [3.05, 3.63) is 59.7 Å². The number of amides is 3. The Morgan fingerprint density at radius 3 is 2.52 bits per heavy atom. The minimum absolute atomic E-state index is 0.0866. The third-order valence-electron chi connectivity index (χ3n) is 5.39. The van der Waals surface area contributed by atoms with Gasteiger partial charge >= 0.3 is 6.03 Å². The number of hydrogen-bond donors (Lipinski definition) is 0. The number of rotatable bonds is 4. The van der Waals surface area contributed by atoms with E-state index in [0.29, 0.717) is 36.5 Å². The van der Waals surface area contributed by atoms with Crippen LogP contribution in [0.4, 0.5) is 19.3 Å². The van der Waals surface area contributed by atoms with Crippen LogP contribution in [0.2, 0.25) is 0 Å². The van der Waals surface area contributed by atoms with E-state index in [1.54, 1.807) is 36.4 Å². The predicted molar refractivity (Wildman–Crippen MR) is 111 cm³/mol. The molecule has 0 bridgehead atoms. The molecule has 0 saturated carbocycles. The molecule has 0 radical (unpaired) electrons. The van der Waals surface area contributed by atoms with Gasteiger partial charge in [0.2, 0.25) is 5.91 Å². The van der Waals surface area contributed by atoms with E-state index in [9.17, 15) is 18.4 Å². The molecule has 3 amide bonds. The number of hydrazone groups is 1. The highest BCUT2D eigenvalue weighted by Gasteiger charge is 2.39. The standard InChI is InChI=1S/C22H22F2N4O3/c1-14(29)26(2)18-4-3-5-19(11-18)31-20-12-27(13-20)22(30)28-21(6-7-25-28)15-8-16(23)10-17(24)9-15/h3-5,7-11,20-21H,6,12-13H2,1-2H3. The molecule has 2 aromatic rings. The van der Waals surface area contributed by atoms with Crippen molar-refractivity contribution >= 4 is 23.8 Å². The number of carbonyl (C=O) groups is 2.